The summed E-state index contributed by atoms with van der Waals surface area (Å²) in [6.45, 7) is 2.81. The van der Waals surface area contributed by atoms with Crippen LogP contribution in [0.5, 0.6) is 0 Å². The van der Waals surface area contributed by atoms with Crippen LogP contribution in [0.3, 0.4) is 0 Å². The van der Waals surface area contributed by atoms with Crippen LogP contribution in [0.1, 0.15) is 47.7 Å². The van der Waals surface area contributed by atoms with E-state index in [0.717, 1.165) is 43.1 Å². The van der Waals surface area contributed by atoms with Crippen LogP contribution < -0.4 is 0 Å². The predicted molar refractivity (Wildman–Crippen MR) is 98.0 cm³/mol. The number of likely N-dealkylation sites (tertiary alicyclic amines) is 1. The van der Waals surface area contributed by atoms with Crippen LogP contribution in [0.15, 0.2) is 55.1 Å². The second-order valence-electron chi connectivity index (χ2n) is 6.39. The first-order valence-electron chi connectivity index (χ1n) is 8.98. The van der Waals surface area contributed by atoms with Gasteiger partial charge in [-0.15, -0.1) is 0 Å². The Morgan fingerprint density at radius 1 is 1.23 bits per heavy atom. The number of hydrogen-bond donors (Lipinski definition) is 0. The molecule has 1 aliphatic heterocycles. The lowest BCUT2D eigenvalue weighted by Crippen LogP contribution is -2.31. The lowest BCUT2D eigenvalue weighted by molar-refractivity contribution is 0.0732. The molecule has 1 aliphatic rings. The minimum absolute atomic E-state index is 0.0382. The number of aromatic nitrogens is 4. The molecule has 1 unspecified atom stereocenters. The summed E-state index contributed by atoms with van der Waals surface area (Å²) in [5.41, 5.74) is 1.55. The van der Waals surface area contributed by atoms with E-state index >= 15 is 0 Å². The zero-order chi connectivity index (χ0) is 17.9. The maximum atomic E-state index is 12.9. The van der Waals surface area contributed by atoms with Crippen molar-refractivity contribution in [1.82, 2.24) is 24.4 Å². The molecule has 132 valence electrons. The summed E-state index contributed by atoms with van der Waals surface area (Å²) in [6, 6.07) is 9.39. The van der Waals surface area contributed by atoms with Crippen LogP contribution in [-0.2, 0) is 6.42 Å². The van der Waals surface area contributed by atoms with E-state index in [1.165, 1.54) is 0 Å². The van der Waals surface area contributed by atoms with E-state index in [-0.39, 0.29) is 11.9 Å². The van der Waals surface area contributed by atoms with Gasteiger partial charge >= 0.3 is 0 Å². The molecule has 1 aromatic carbocycles. The monoisotopic (exact) mass is 347 g/mol. The van der Waals surface area contributed by atoms with Gasteiger partial charge in [0.2, 0.25) is 0 Å². The van der Waals surface area contributed by atoms with Gasteiger partial charge in [0.1, 0.15) is 5.82 Å². The van der Waals surface area contributed by atoms with Gasteiger partial charge in [-0.05, 0) is 25.0 Å². The third kappa shape index (κ3) is 2.98. The fraction of sp³-hybridized carbons (Fsp3) is 0.300. The van der Waals surface area contributed by atoms with Gasteiger partial charge in [0.15, 0.2) is 5.82 Å². The van der Waals surface area contributed by atoms with E-state index in [1.54, 1.807) is 18.6 Å². The molecular weight excluding hydrogens is 326 g/mol. The van der Waals surface area contributed by atoms with Crippen molar-refractivity contribution in [3.63, 3.8) is 0 Å². The zero-order valence-corrected chi connectivity index (χ0v) is 14.7. The van der Waals surface area contributed by atoms with E-state index in [0.29, 0.717) is 5.56 Å². The van der Waals surface area contributed by atoms with Gasteiger partial charge in [0.05, 0.1) is 24.1 Å². The molecule has 1 amide bonds. The van der Waals surface area contributed by atoms with E-state index in [4.69, 9.17) is 4.98 Å². The Kier molecular flexibility index (Phi) is 4.48. The Labute approximate surface area is 152 Å². The van der Waals surface area contributed by atoms with Crippen molar-refractivity contribution in [2.75, 3.05) is 6.54 Å². The molecule has 0 aliphatic carbocycles. The molecule has 1 atom stereocenters. The van der Waals surface area contributed by atoms with Gasteiger partial charge in [0, 0.05) is 30.9 Å². The lowest BCUT2D eigenvalue weighted by Gasteiger charge is -2.24. The van der Waals surface area contributed by atoms with E-state index in [1.807, 2.05) is 46.0 Å². The summed E-state index contributed by atoms with van der Waals surface area (Å²) in [7, 11) is 0. The number of hydrogen-bond acceptors (Lipinski definition) is 4. The summed E-state index contributed by atoms with van der Waals surface area (Å²) in [4.78, 5) is 28.4. The van der Waals surface area contributed by atoms with Crippen LogP contribution in [0.25, 0.3) is 5.82 Å². The number of rotatable bonds is 4. The molecule has 6 heteroatoms. The summed E-state index contributed by atoms with van der Waals surface area (Å²) in [6.07, 6.45) is 9.88. The predicted octanol–water partition coefficient (Wildman–Crippen LogP) is 3.20. The number of carbonyl (C=O) groups is 1. The van der Waals surface area contributed by atoms with Gasteiger partial charge in [-0.25, -0.2) is 9.97 Å². The molecule has 4 rings (SSSR count). The number of aryl methyl sites for hydroxylation is 1. The quantitative estimate of drug-likeness (QED) is 0.727. The number of imidazole rings is 1. The number of amides is 1. The highest BCUT2D eigenvalue weighted by Gasteiger charge is 2.32. The Morgan fingerprint density at radius 2 is 2.08 bits per heavy atom. The summed E-state index contributed by atoms with van der Waals surface area (Å²) in [5, 5.41) is 0. The topological polar surface area (TPSA) is 63.9 Å². The third-order valence-electron chi connectivity index (χ3n) is 4.80. The van der Waals surface area contributed by atoms with Crippen molar-refractivity contribution < 1.29 is 4.79 Å². The normalized spacial score (nSPS) is 16.8. The molecule has 2 aromatic heterocycles. The first-order valence-corrected chi connectivity index (χ1v) is 8.98. The molecule has 26 heavy (non-hydrogen) atoms. The van der Waals surface area contributed by atoms with Crippen LogP contribution in [-0.4, -0.2) is 36.9 Å². The van der Waals surface area contributed by atoms with Crippen molar-refractivity contribution in [1.29, 1.82) is 0 Å². The maximum absolute atomic E-state index is 12.9. The zero-order valence-electron chi connectivity index (χ0n) is 14.7. The highest BCUT2D eigenvalue weighted by Crippen LogP contribution is 2.32. The molecule has 3 heterocycles. The molecule has 6 nitrogen and oxygen atoms in total. The first kappa shape index (κ1) is 16.4. The fourth-order valence-corrected chi connectivity index (χ4v) is 3.52. The van der Waals surface area contributed by atoms with Crippen LogP contribution >= 0.6 is 0 Å². The summed E-state index contributed by atoms with van der Waals surface area (Å²) >= 11 is 0. The first-order chi connectivity index (χ1) is 12.8. The molecule has 0 spiro atoms. The number of carbonyl (C=O) groups excluding carboxylic acids is 1. The van der Waals surface area contributed by atoms with Gasteiger partial charge < -0.3 is 4.90 Å². The van der Waals surface area contributed by atoms with Crippen molar-refractivity contribution in [3.8, 4) is 5.82 Å². The van der Waals surface area contributed by atoms with Gasteiger partial charge in [-0.1, -0.05) is 25.1 Å². The maximum Gasteiger partial charge on any atom is 0.254 e. The second-order valence-corrected chi connectivity index (χ2v) is 6.39. The van der Waals surface area contributed by atoms with E-state index < -0.39 is 0 Å². The Hall–Kier alpha value is -3.02. The third-order valence-corrected chi connectivity index (χ3v) is 4.80. The van der Waals surface area contributed by atoms with Crippen molar-refractivity contribution in [3.05, 3.63) is 72.2 Å². The second kappa shape index (κ2) is 7.07. The molecular formula is C20H21N5O. The highest BCUT2D eigenvalue weighted by molar-refractivity contribution is 5.94. The lowest BCUT2D eigenvalue weighted by atomic mass is 10.1. The standard InChI is InChI=1S/C20H21N5O/c1-2-18-22-10-12-25(18)19-14-21-13-16(23-19)17-9-6-11-24(17)20(26)15-7-4-3-5-8-15/h3-5,7-8,10,12-14,17H,2,6,9,11H2,1H3. The van der Waals surface area contributed by atoms with Gasteiger partial charge in [-0.2, -0.15) is 0 Å². The Balaban J connectivity index is 1.64. The largest absolute Gasteiger partial charge is 0.330 e. The molecule has 0 N–H and O–H groups in total. The molecule has 3 aromatic rings. The summed E-state index contributed by atoms with van der Waals surface area (Å²) in [5.74, 6) is 1.74. The smallest absolute Gasteiger partial charge is 0.254 e. The van der Waals surface area contributed by atoms with E-state index in [2.05, 4.69) is 16.9 Å². The number of benzene rings is 1. The minimum atomic E-state index is -0.0382. The van der Waals surface area contributed by atoms with Crippen LogP contribution in [0.4, 0.5) is 0 Å². The molecule has 0 saturated carbocycles. The molecule has 0 bridgehead atoms. The van der Waals surface area contributed by atoms with Crippen LogP contribution in [0, 0.1) is 0 Å². The van der Waals surface area contributed by atoms with Crippen molar-refractivity contribution in [2.24, 2.45) is 0 Å². The average Bonchev–Trinajstić information content (AvgIpc) is 3.37. The van der Waals surface area contributed by atoms with Crippen molar-refractivity contribution >= 4 is 5.91 Å². The number of nitrogens with zero attached hydrogens (tertiary/aromatic N) is 5. The van der Waals surface area contributed by atoms with Gasteiger partial charge in [0.25, 0.3) is 5.91 Å². The SMILES string of the molecule is CCc1nccn1-c1cncc(C2CCCN2C(=O)c2ccccc2)n1. The fourth-order valence-electron chi connectivity index (χ4n) is 3.52. The molecule has 1 fully saturated rings. The minimum Gasteiger partial charge on any atom is -0.330 e. The Morgan fingerprint density at radius 3 is 2.88 bits per heavy atom. The molecule has 0 radical (unpaired) electrons. The van der Waals surface area contributed by atoms with Crippen LogP contribution in [0.2, 0.25) is 0 Å². The highest BCUT2D eigenvalue weighted by atomic mass is 16.2. The van der Waals surface area contributed by atoms with Crippen molar-refractivity contribution in [2.45, 2.75) is 32.2 Å². The van der Waals surface area contributed by atoms with E-state index in [9.17, 15) is 4.79 Å². The Bertz CT molecular complexity index is 905. The van der Waals surface area contributed by atoms with Gasteiger partial charge in [-0.3, -0.25) is 14.3 Å². The molecule has 1 saturated heterocycles. The summed E-state index contributed by atoms with van der Waals surface area (Å²) < 4.78 is 1.95. The average molecular weight is 347 g/mol.